The number of likely N-dealkylation sites (N-methyl/N-ethyl adjacent to an activating group) is 1. The molecule has 8 heteroatoms. The van der Waals surface area contributed by atoms with Crippen molar-refractivity contribution in [1.29, 1.82) is 0 Å². The molecule has 1 spiro atoms. The zero-order valence-corrected chi connectivity index (χ0v) is 33.8. The van der Waals surface area contributed by atoms with E-state index in [0.29, 0.717) is 36.7 Å². The predicted octanol–water partition coefficient (Wildman–Crippen LogP) is 12.0. The van der Waals surface area contributed by atoms with Gasteiger partial charge in [0.15, 0.2) is 5.60 Å². The van der Waals surface area contributed by atoms with Gasteiger partial charge in [-0.15, -0.1) is 0 Å². The first kappa shape index (κ1) is 41.7. The molecule has 1 atom stereocenters. The lowest BCUT2D eigenvalue weighted by atomic mass is 9.77. The van der Waals surface area contributed by atoms with Crippen LogP contribution in [0.2, 0.25) is 0 Å². The molecule has 0 saturated heterocycles. The van der Waals surface area contributed by atoms with Gasteiger partial charge in [0.2, 0.25) is 0 Å². The number of esters is 1. The highest BCUT2D eigenvalue weighted by atomic mass is 16.6. The number of anilines is 2. The Morgan fingerprint density at radius 2 is 1.29 bits per heavy atom. The van der Waals surface area contributed by atoms with E-state index in [0.717, 1.165) is 47.5 Å². The standard InChI is InChI=1S/C47H65N3O5/c1-5-9-10-11-12-13-14-15-16-17-18-19-20-21-22-25-32-48-46(52)53-34-33-50(8-4)38-29-31-42-44(36-38)54-43-35-37(49(6-2)7-3)28-30-41(43)47(42)40-27-24-23-26-39(40)45(51)55-47/h6,23-24,26-31,35-36H,2,5,7-22,25,32-34H2,1,3-4H3,(H,48,52). The molecule has 5 rings (SSSR count). The lowest BCUT2D eigenvalue weighted by Gasteiger charge is -2.37. The van der Waals surface area contributed by atoms with E-state index in [-0.39, 0.29) is 18.7 Å². The van der Waals surface area contributed by atoms with Gasteiger partial charge in [-0.1, -0.05) is 128 Å². The number of alkyl carbamates (subject to hydrolysis) is 1. The number of rotatable bonds is 25. The summed E-state index contributed by atoms with van der Waals surface area (Å²) >= 11 is 0. The molecule has 1 amide bonds. The molecule has 2 heterocycles. The van der Waals surface area contributed by atoms with E-state index in [1.807, 2.05) is 65.6 Å². The van der Waals surface area contributed by atoms with Crippen LogP contribution < -0.4 is 19.9 Å². The van der Waals surface area contributed by atoms with Crippen molar-refractivity contribution in [3.63, 3.8) is 0 Å². The summed E-state index contributed by atoms with van der Waals surface area (Å²) in [5.74, 6) is 0.882. The van der Waals surface area contributed by atoms with E-state index in [2.05, 4.69) is 37.6 Å². The van der Waals surface area contributed by atoms with Crippen LogP contribution in [0.3, 0.4) is 0 Å². The van der Waals surface area contributed by atoms with E-state index in [9.17, 15) is 9.59 Å². The molecule has 8 nitrogen and oxygen atoms in total. The number of carbonyl (C=O) groups excluding carboxylic acids is 2. The summed E-state index contributed by atoms with van der Waals surface area (Å²) in [5.41, 5.74) is 3.62. The third kappa shape index (κ3) is 10.6. The van der Waals surface area contributed by atoms with E-state index in [4.69, 9.17) is 14.2 Å². The normalized spacial score (nSPS) is 15.1. The molecule has 3 aromatic carbocycles. The van der Waals surface area contributed by atoms with Gasteiger partial charge in [0.1, 0.15) is 18.1 Å². The Labute approximate surface area is 330 Å². The summed E-state index contributed by atoms with van der Waals surface area (Å²) in [6, 6.07) is 19.6. The Balaban J connectivity index is 1.06. The molecule has 1 N–H and O–H groups in total. The average molecular weight is 752 g/mol. The molecule has 0 radical (unpaired) electrons. The quantitative estimate of drug-likeness (QED) is 0.0682. The smallest absolute Gasteiger partial charge is 0.407 e. The third-order valence-corrected chi connectivity index (χ3v) is 11.2. The summed E-state index contributed by atoms with van der Waals surface area (Å²) in [6.45, 7) is 13.3. The molecule has 298 valence electrons. The highest BCUT2D eigenvalue weighted by Crippen LogP contribution is 2.57. The van der Waals surface area contributed by atoms with Gasteiger partial charge in [0.25, 0.3) is 0 Å². The van der Waals surface area contributed by atoms with Crippen LogP contribution in [0.4, 0.5) is 16.2 Å². The molecule has 0 saturated carbocycles. The number of unbranched alkanes of at least 4 members (excludes halogenated alkanes) is 15. The number of fused-ring (bicyclic) bond motifs is 6. The van der Waals surface area contributed by atoms with Crippen molar-refractivity contribution in [2.45, 2.75) is 129 Å². The second-order valence-electron chi connectivity index (χ2n) is 15.0. The molecular formula is C47H65N3O5. The number of hydrogen-bond acceptors (Lipinski definition) is 7. The van der Waals surface area contributed by atoms with Crippen molar-refractivity contribution in [3.05, 3.63) is 95.7 Å². The van der Waals surface area contributed by atoms with Gasteiger partial charge in [-0.25, -0.2) is 9.59 Å². The van der Waals surface area contributed by atoms with Crippen molar-refractivity contribution in [2.75, 3.05) is 42.6 Å². The second kappa shape index (κ2) is 21.6. The molecule has 0 aliphatic carbocycles. The highest BCUT2D eigenvalue weighted by molar-refractivity contribution is 5.97. The monoisotopic (exact) mass is 751 g/mol. The molecule has 2 aliphatic heterocycles. The first-order chi connectivity index (χ1) is 27.0. The first-order valence-corrected chi connectivity index (χ1v) is 21.3. The van der Waals surface area contributed by atoms with Crippen LogP contribution >= 0.6 is 0 Å². The molecule has 3 aromatic rings. The van der Waals surface area contributed by atoms with Crippen molar-refractivity contribution < 1.29 is 23.8 Å². The fraction of sp³-hybridized carbons (Fsp3) is 0.532. The van der Waals surface area contributed by atoms with E-state index < -0.39 is 5.60 Å². The molecule has 55 heavy (non-hydrogen) atoms. The largest absolute Gasteiger partial charge is 0.456 e. The van der Waals surface area contributed by atoms with Crippen molar-refractivity contribution in [2.24, 2.45) is 0 Å². The number of ether oxygens (including phenoxy) is 3. The van der Waals surface area contributed by atoms with E-state index in [1.54, 1.807) is 6.20 Å². The number of benzene rings is 3. The first-order valence-electron chi connectivity index (χ1n) is 21.3. The number of nitrogens with zero attached hydrogens (tertiary/aromatic N) is 2. The van der Waals surface area contributed by atoms with E-state index in [1.165, 1.54) is 89.9 Å². The van der Waals surface area contributed by atoms with Crippen LogP contribution in [-0.4, -0.2) is 44.8 Å². The number of amides is 1. The second-order valence-corrected chi connectivity index (χ2v) is 15.0. The summed E-state index contributed by atoms with van der Waals surface area (Å²) in [4.78, 5) is 30.0. The van der Waals surface area contributed by atoms with Crippen LogP contribution in [0, 0.1) is 0 Å². The Morgan fingerprint density at radius 3 is 1.87 bits per heavy atom. The summed E-state index contributed by atoms with van der Waals surface area (Å²) in [5, 5.41) is 2.92. The Morgan fingerprint density at radius 1 is 0.727 bits per heavy atom. The van der Waals surface area contributed by atoms with Crippen LogP contribution in [-0.2, 0) is 15.1 Å². The molecule has 0 bridgehead atoms. The fourth-order valence-corrected chi connectivity index (χ4v) is 8.08. The van der Waals surface area contributed by atoms with Gasteiger partial charge in [-0.3, -0.25) is 0 Å². The van der Waals surface area contributed by atoms with Gasteiger partial charge >= 0.3 is 12.1 Å². The van der Waals surface area contributed by atoms with Gasteiger partial charge in [-0.2, -0.15) is 0 Å². The molecule has 2 aliphatic rings. The van der Waals surface area contributed by atoms with Crippen LogP contribution in [0.15, 0.2) is 73.4 Å². The summed E-state index contributed by atoms with van der Waals surface area (Å²) in [6.07, 6.45) is 22.7. The van der Waals surface area contributed by atoms with Gasteiger partial charge in [0.05, 0.1) is 12.1 Å². The molecular weight excluding hydrogens is 687 g/mol. The lowest BCUT2D eigenvalue weighted by molar-refractivity contribution is 0.0224. The van der Waals surface area contributed by atoms with Crippen LogP contribution in [0.5, 0.6) is 11.5 Å². The maximum atomic E-state index is 13.3. The Kier molecular flexibility index (Phi) is 16.4. The van der Waals surface area contributed by atoms with Crippen molar-refractivity contribution >= 4 is 23.4 Å². The minimum absolute atomic E-state index is 0.256. The number of hydrogen-bond donors (Lipinski definition) is 1. The van der Waals surface area contributed by atoms with Gasteiger partial charge < -0.3 is 29.3 Å². The third-order valence-electron chi connectivity index (χ3n) is 11.2. The minimum atomic E-state index is -1.14. The maximum Gasteiger partial charge on any atom is 0.407 e. The lowest BCUT2D eigenvalue weighted by Crippen LogP contribution is -2.34. The Hall–Kier alpha value is -4.46. The highest BCUT2D eigenvalue weighted by Gasteiger charge is 2.53. The molecule has 0 fully saturated rings. The fourth-order valence-electron chi connectivity index (χ4n) is 8.08. The van der Waals surface area contributed by atoms with Gasteiger partial charge in [0, 0.05) is 59.8 Å². The van der Waals surface area contributed by atoms with Crippen molar-refractivity contribution in [3.8, 4) is 11.5 Å². The zero-order chi connectivity index (χ0) is 38.9. The van der Waals surface area contributed by atoms with Crippen molar-refractivity contribution in [1.82, 2.24) is 5.32 Å². The summed E-state index contributed by atoms with van der Waals surface area (Å²) < 4.78 is 18.5. The predicted molar refractivity (Wildman–Crippen MR) is 225 cm³/mol. The van der Waals surface area contributed by atoms with Crippen LogP contribution in [0.1, 0.15) is 151 Å². The number of carbonyl (C=O) groups is 2. The number of nitrogens with one attached hydrogen (secondary N) is 1. The SMILES string of the molecule is C=CN(CC)c1ccc2c(c1)Oc1cc(N(CC)CCOC(=O)NCCCCCCCCCCCCCCCCCC)ccc1C21OC(=O)c2ccccc21. The molecule has 0 aromatic heterocycles. The van der Waals surface area contributed by atoms with Crippen LogP contribution in [0.25, 0.3) is 0 Å². The minimum Gasteiger partial charge on any atom is -0.456 e. The average Bonchev–Trinajstić information content (AvgIpc) is 3.50. The molecule has 1 unspecified atom stereocenters. The zero-order valence-electron chi connectivity index (χ0n) is 33.8. The Bertz CT molecular complexity index is 1690. The van der Waals surface area contributed by atoms with Gasteiger partial charge in [-0.05, 0) is 56.8 Å². The summed E-state index contributed by atoms with van der Waals surface area (Å²) in [7, 11) is 0. The van der Waals surface area contributed by atoms with E-state index >= 15 is 0 Å². The topological polar surface area (TPSA) is 80.3 Å². The maximum absolute atomic E-state index is 13.3.